The van der Waals surface area contributed by atoms with Crippen LogP contribution in [0.1, 0.15) is 41.9 Å². The van der Waals surface area contributed by atoms with Gasteiger partial charge in [0.2, 0.25) is 5.91 Å². The molecule has 22 heavy (non-hydrogen) atoms. The van der Waals surface area contributed by atoms with Crippen molar-refractivity contribution in [2.45, 2.75) is 25.8 Å². The number of carbonyl (C=O) groups excluding carboxylic acids is 2. The standard InChI is InChI=1S/C15H16N4O2S/c1-10(20)17-15-18-12(9-22-15)14(21)19-7-3-5-13(19)11-4-2-6-16-8-11/h2,4,6,8-9,13H,3,5,7H2,1H3,(H,17,18,20). The average Bonchev–Trinajstić information content (AvgIpc) is 3.16. The number of hydrogen-bond donors (Lipinski definition) is 1. The normalized spacial score (nSPS) is 17.5. The summed E-state index contributed by atoms with van der Waals surface area (Å²) in [6.45, 7) is 2.13. The van der Waals surface area contributed by atoms with Crippen molar-refractivity contribution in [2.75, 3.05) is 11.9 Å². The Kier molecular flexibility index (Phi) is 4.15. The first-order valence-electron chi connectivity index (χ1n) is 7.09. The SMILES string of the molecule is CC(=O)Nc1nc(C(=O)N2CCCC2c2cccnc2)cs1. The van der Waals surface area contributed by atoms with Gasteiger partial charge in [-0.2, -0.15) is 0 Å². The number of amides is 2. The molecule has 0 radical (unpaired) electrons. The van der Waals surface area contributed by atoms with Crippen LogP contribution < -0.4 is 5.32 Å². The summed E-state index contributed by atoms with van der Waals surface area (Å²) in [6, 6.07) is 3.92. The summed E-state index contributed by atoms with van der Waals surface area (Å²) in [4.78, 5) is 33.9. The van der Waals surface area contributed by atoms with Crippen LogP contribution in [0.4, 0.5) is 5.13 Å². The second-order valence-corrected chi connectivity index (χ2v) is 6.02. The Hall–Kier alpha value is -2.28. The van der Waals surface area contributed by atoms with Gasteiger partial charge in [-0.1, -0.05) is 6.07 Å². The molecule has 1 saturated heterocycles. The van der Waals surface area contributed by atoms with Crippen LogP contribution in [0.25, 0.3) is 0 Å². The van der Waals surface area contributed by atoms with Gasteiger partial charge >= 0.3 is 0 Å². The van der Waals surface area contributed by atoms with Crippen LogP contribution in [0.15, 0.2) is 29.9 Å². The molecule has 1 fully saturated rings. The van der Waals surface area contributed by atoms with E-state index in [9.17, 15) is 9.59 Å². The minimum Gasteiger partial charge on any atom is -0.330 e. The number of nitrogens with zero attached hydrogens (tertiary/aromatic N) is 3. The Morgan fingerprint density at radius 1 is 1.45 bits per heavy atom. The van der Waals surface area contributed by atoms with Crippen LogP contribution in [0.5, 0.6) is 0 Å². The molecule has 2 aromatic heterocycles. The van der Waals surface area contributed by atoms with E-state index in [1.807, 2.05) is 17.0 Å². The molecule has 1 aliphatic rings. The summed E-state index contributed by atoms with van der Waals surface area (Å²) < 4.78 is 0. The molecule has 2 aromatic rings. The molecule has 0 aliphatic carbocycles. The molecule has 1 unspecified atom stereocenters. The van der Waals surface area contributed by atoms with Crippen molar-refractivity contribution in [3.63, 3.8) is 0 Å². The summed E-state index contributed by atoms with van der Waals surface area (Å²) in [5.41, 5.74) is 1.43. The zero-order valence-corrected chi connectivity index (χ0v) is 13.0. The largest absolute Gasteiger partial charge is 0.330 e. The van der Waals surface area contributed by atoms with Gasteiger partial charge in [0.15, 0.2) is 5.13 Å². The van der Waals surface area contributed by atoms with E-state index in [4.69, 9.17) is 0 Å². The maximum Gasteiger partial charge on any atom is 0.273 e. The summed E-state index contributed by atoms with van der Waals surface area (Å²) >= 11 is 1.26. The topological polar surface area (TPSA) is 75.2 Å². The van der Waals surface area contributed by atoms with Gasteiger partial charge in [0.25, 0.3) is 5.91 Å². The van der Waals surface area contributed by atoms with Crippen LogP contribution in [0.2, 0.25) is 0 Å². The average molecular weight is 316 g/mol. The van der Waals surface area contributed by atoms with Crippen molar-refractivity contribution >= 4 is 28.3 Å². The summed E-state index contributed by atoms with van der Waals surface area (Å²) in [5, 5.41) is 4.74. The van der Waals surface area contributed by atoms with Gasteiger partial charge in [-0.25, -0.2) is 4.98 Å². The lowest BCUT2D eigenvalue weighted by molar-refractivity contribution is -0.114. The van der Waals surface area contributed by atoms with Gasteiger partial charge in [-0.05, 0) is 24.5 Å². The van der Waals surface area contributed by atoms with E-state index in [2.05, 4.69) is 15.3 Å². The van der Waals surface area contributed by atoms with Crippen molar-refractivity contribution < 1.29 is 9.59 Å². The molecule has 0 saturated carbocycles. The molecule has 114 valence electrons. The van der Waals surface area contributed by atoms with Crippen molar-refractivity contribution in [3.8, 4) is 0 Å². The molecule has 0 spiro atoms. The molecule has 7 heteroatoms. The fraction of sp³-hybridized carbons (Fsp3) is 0.333. The highest BCUT2D eigenvalue weighted by atomic mass is 32.1. The molecule has 1 atom stereocenters. The first-order chi connectivity index (χ1) is 10.6. The molecule has 1 aliphatic heterocycles. The predicted molar refractivity (Wildman–Crippen MR) is 83.7 cm³/mol. The minimum absolute atomic E-state index is 0.0483. The number of anilines is 1. The number of carbonyl (C=O) groups is 2. The van der Waals surface area contributed by atoms with Crippen LogP contribution in [-0.4, -0.2) is 33.2 Å². The van der Waals surface area contributed by atoms with Gasteiger partial charge < -0.3 is 10.2 Å². The van der Waals surface area contributed by atoms with E-state index in [1.54, 1.807) is 17.8 Å². The zero-order chi connectivity index (χ0) is 15.5. The van der Waals surface area contributed by atoms with E-state index in [0.717, 1.165) is 18.4 Å². The Morgan fingerprint density at radius 2 is 2.32 bits per heavy atom. The third-order valence-electron chi connectivity index (χ3n) is 3.59. The van der Waals surface area contributed by atoms with E-state index in [1.165, 1.54) is 18.3 Å². The quantitative estimate of drug-likeness (QED) is 0.944. The highest BCUT2D eigenvalue weighted by Crippen LogP contribution is 2.33. The molecule has 0 bridgehead atoms. The van der Waals surface area contributed by atoms with Crippen LogP contribution in [0, 0.1) is 0 Å². The highest BCUT2D eigenvalue weighted by molar-refractivity contribution is 7.14. The third kappa shape index (κ3) is 2.99. The first kappa shape index (κ1) is 14.6. The number of pyridine rings is 1. The smallest absolute Gasteiger partial charge is 0.273 e. The predicted octanol–water partition coefficient (Wildman–Crippen LogP) is 2.47. The lowest BCUT2D eigenvalue weighted by Crippen LogP contribution is -2.30. The van der Waals surface area contributed by atoms with Crippen LogP contribution in [0.3, 0.4) is 0 Å². The second kappa shape index (κ2) is 6.23. The molecule has 0 aromatic carbocycles. The van der Waals surface area contributed by atoms with E-state index in [0.29, 0.717) is 17.4 Å². The first-order valence-corrected chi connectivity index (χ1v) is 7.97. The molecule has 1 N–H and O–H groups in total. The van der Waals surface area contributed by atoms with E-state index in [-0.39, 0.29) is 17.9 Å². The van der Waals surface area contributed by atoms with Gasteiger partial charge in [-0.15, -0.1) is 11.3 Å². The van der Waals surface area contributed by atoms with E-state index < -0.39 is 0 Å². The van der Waals surface area contributed by atoms with Crippen LogP contribution in [-0.2, 0) is 4.79 Å². The van der Waals surface area contributed by atoms with Gasteiger partial charge in [0.1, 0.15) is 5.69 Å². The Balaban J connectivity index is 1.79. The highest BCUT2D eigenvalue weighted by Gasteiger charge is 2.31. The van der Waals surface area contributed by atoms with Gasteiger partial charge in [0.05, 0.1) is 6.04 Å². The van der Waals surface area contributed by atoms with Crippen molar-refractivity contribution in [3.05, 3.63) is 41.2 Å². The van der Waals surface area contributed by atoms with E-state index >= 15 is 0 Å². The zero-order valence-electron chi connectivity index (χ0n) is 12.2. The fourth-order valence-electron chi connectivity index (χ4n) is 2.66. The summed E-state index contributed by atoms with van der Waals surface area (Å²) in [6.07, 6.45) is 5.43. The lowest BCUT2D eigenvalue weighted by Gasteiger charge is -2.24. The van der Waals surface area contributed by atoms with Crippen LogP contribution >= 0.6 is 11.3 Å². The maximum absolute atomic E-state index is 12.7. The maximum atomic E-state index is 12.7. The Labute approximate surface area is 132 Å². The molecule has 3 heterocycles. The van der Waals surface area contributed by atoms with Crippen molar-refractivity contribution in [1.82, 2.24) is 14.9 Å². The molecule has 3 rings (SSSR count). The van der Waals surface area contributed by atoms with Gasteiger partial charge in [0, 0.05) is 31.2 Å². The third-order valence-corrected chi connectivity index (χ3v) is 4.35. The summed E-state index contributed by atoms with van der Waals surface area (Å²) in [5.74, 6) is -0.290. The minimum atomic E-state index is -0.192. The number of rotatable bonds is 3. The Morgan fingerprint density at radius 3 is 3.05 bits per heavy atom. The molecular formula is C15H16N4O2S. The second-order valence-electron chi connectivity index (χ2n) is 5.16. The van der Waals surface area contributed by atoms with Gasteiger partial charge in [-0.3, -0.25) is 14.6 Å². The molecule has 6 nitrogen and oxygen atoms in total. The number of nitrogens with one attached hydrogen (secondary N) is 1. The number of aromatic nitrogens is 2. The number of thiazole rings is 1. The lowest BCUT2D eigenvalue weighted by atomic mass is 10.1. The molecule has 2 amide bonds. The Bertz CT molecular complexity index is 686. The molecular weight excluding hydrogens is 300 g/mol. The number of likely N-dealkylation sites (tertiary alicyclic amines) is 1. The van der Waals surface area contributed by atoms with Crippen molar-refractivity contribution in [1.29, 1.82) is 0 Å². The van der Waals surface area contributed by atoms with Crippen molar-refractivity contribution in [2.24, 2.45) is 0 Å². The fourth-order valence-corrected chi connectivity index (χ4v) is 3.39. The number of hydrogen-bond acceptors (Lipinski definition) is 5. The monoisotopic (exact) mass is 316 g/mol. The summed E-state index contributed by atoms with van der Waals surface area (Å²) in [7, 11) is 0.